The SMILES string of the molecule is Cc1cnn(C)c1Cc1ccnc(NC(=O)C(N)C2CCC(C)CC2)c1. The number of rotatable bonds is 5. The molecule has 2 aromatic rings. The van der Waals surface area contributed by atoms with E-state index in [0.717, 1.165) is 54.8 Å². The van der Waals surface area contributed by atoms with E-state index in [1.807, 2.05) is 30.1 Å². The van der Waals surface area contributed by atoms with Crippen LogP contribution in [0.2, 0.25) is 0 Å². The second kappa shape index (κ2) is 7.99. The fourth-order valence-electron chi connectivity index (χ4n) is 3.74. The second-order valence-electron chi connectivity index (χ2n) is 7.66. The highest BCUT2D eigenvalue weighted by atomic mass is 16.2. The van der Waals surface area contributed by atoms with Gasteiger partial charge in [-0.2, -0.15) is 5.10 Å². The smallest absolute Gasteiger partial charge is 0.242 e. The van der Waals surface area contributed by atoms with E-state index in [2.05, 4.69) is 29.2 Å². The fourth-order valence-corrected chi connectivity index (χ4v) is 3.74. The normalized spacial score (nSPS) is 21.4. The van der Waals surface area contributed by atoms with Gasteiger partial charge in [-0.3, -0.25) is 9.48 Å². The third-order valence-electron chi connectivity index (χ3n) is 5.59. The van der Waals surface area contributed by atoms with E-state index >= 15 is 0 Å². The number of nitrogens with zero attached hydrogens (tertiary/aromatic N) is 3. The van der Waals surface area contributed by atoms with Gasteiger partial charge in [0.15, 0.2) is 0 Å². The summed E-state index contributed by atoms with van der Waals surface area (Å²) in [4.78, 5) is 16.8. The maximum atomic E-state index is 12.5. The Labute approximate surface area is 155 Å². The van der Waals surface area contributed by atoms with Crippen LogP contribution < -0.4 is 11.1 Å². The quantitative estimate of drug-likeness (QED) is 0.863. The van der Waals surface area contributed by atoms with Crippen LogP contribution in [0.15, 0.2) is 24.5 Å². The predicted molar refractivity (Wildman–Crippen MR) is 103 cm³/mol. The first-order valence-corrected chi connectivity index (χ1v) is 9.43. The van der Waals surface area contributed by atoms with Gasteiger partial charge in [0.25, 0.3) is 0 Å². The Morgan fingerprint density at radius 1 is 1.38 bits per heavy atom. The molecule has 6 heteroatoms. The Kier molecular flexibility index (Phi) is 5.71. The molecule has 1 amide bonds. The number of aryl methyl sites for hydroxylation is 2. The van der Waals surface area contributed by atoms with Gasteiger partial charge in [0.05, 0.1) is 12.2 Å². The molecule has 1 saturated carbocycles. The molecule has 3 rings (SSSR count). The van der Waals surface area contributed by atoms with E-state index in [4.69, 9.17) is 5.73 Å². The van der Waals surface area contributed by atoms with Crippen LogP contribution in [0.5, 0.6) is 0 Å². The Balaban J connectivity index is 1.64. The maximum absolute atomic E-state index is 12.5. The van der Waals surface area contributed by atoms with Crippen molar-refractivity contribution in [2.24, 2.45) is 24.6 Å². The van der Waals surface area contributed by atoms with Gasteiger partial charge in [0, 0.05) is 25.4 Å². The lowest BCUT2D eigenvalue weighted by Gasteiger charge is -2.29. The van der Waals surface area contributed by atoms with Gasteiger partial charge in [-0.05, 0) is 54.9 Å². The average Bonchev–Trinajstić information content (AvgIpc) is 2.94. The highest BCUT2D eigenvalue weighted by Crippen LogP contribution is 2.30. The zero-order valence-electron chi connectivity index (χ0n) is 15.9. The number of nitrogens with two attached hydrogens (primary N) is 1. The van der Waals surface area contributed by atoms with E-state index in [1.54, 1.807) is 6.20 Å². The summed E-state index contributed by atoms with van der Waals surface area (Å²) in [6, 6.07) is 3.41. The summed E-state index contributed by atoms with van der Waals surface area (Å²) in [5, 5.41) is 7.18. The molecule has 2 heterocycles. The first-order valence-electron chi connectivity index (χ1n) is 9.43. The lowest BCUT2D eigenvalue weighted by atomic mass is 9.79. The number of carbonyl (C=O) groups excluding carboxylic acids is 1. The number of carbonyl (C=O) groups is 1. The molecule has 0 saturated heterocycles. The van der Waals surface area contributed by atoms with Crippen LogP contribution in [0, 0.1) is 18.8 Å². The average molecular weight is 355 g/mol. The third-order valence-corrected chi connectivity index (χ3v) is 5.59. The Bertz CT molecular complexity index is 742. The zero-order chi connectivity index (χ0) is 18.7. The number of amides is 1. The minimum absolute atomic E-state index is 0.133. The topological polar surface area (TPSA) is 85.8 Å². The molecule has 6 nitrogen and oxygen atoms in total. The van der Waals surface area contributed by atoms with Crippen molar-refractivity contribution in [2.45, 2.75) is 52.0 Å². The highest BCUT2D eigenvalue weighted by Gasteiger charge is 2.28. The zero-order valence-corrected chi connectivity index (χ0v) is 15.9. The van der Waals surface area contributed by atoms with Crippen LogP contribution >= 0.6 is 0 Å². The first-order chi connectivity index (χ1) is 12.4. The Hall–Kier alpha value is -2.21. The number of hydrogen-bond acceptors (Lipinski definition) is 4. The molecule has 1 atom stereocenters. The molecule has 0 radical (unpaired) electrons. The number of aromatic nitrogens is 3. The second-order valence-corrected chi connectivity index (χ2v) is 7.66. The van der Waals surface area contributed by atoms with Gasteiger partial charge < -0.3 is 11.1 Å². The number of nitrogens with one attached hydrogen (secondary N) is 1. The molecule has 0 bridgehead atoms. The monoisotopic (exact) mass is 355 g/mol. The van der Waals surface area contributed by atoms with Crippen molar-refractivity contribution in [3.05, 3.63) is 41.3 Å². The van der Waals surface area contributed by atoms with Crippen LogP contribution in [0.1, 0.15) is 49.4 Å². The summed E-state index contributed by atoms with van der Waals surface area (Å²) in [6.07, 6.45) is 8.72. The van der Waals surface area contributed by atoms with Gasteiger partial charge >= 0.3 is 0 Å². The Morgan fingerprint density at radius 3 is 2.77 bits per heavy atom. The minimum atomic E-state index is -0.465. The van der Waals surface area contributed by atoms with E-state index in [9.17, 15) is 4.79 Å². The number of hydrogen-bond donors (Lipinski definition) is 2. The molecule has 1 aliphatic rings. The van der Waals surface area contributed by atoms with Crippen molar-refractivity contribution in [3.8, 4) is 0 Å². The molecule has 2 aromatic heterocycles. The molecule has 0 spiro atoms. The molecule has 1 unspecified atom stereocenters. The minimum Gasteiger partial charge on any atom is -0.320 e. The van der Waals surface area contributed by atoms with Crippen molar-refractivity contribution in [1.29, 1.82) is 0 Å². The summed E-state index contributed by atoms with van der Waals surface area (Å²) in [6.45, 7) is 4.32. The third kappa shape index (κ3) is 4.30. The summed E-state index contributed by atoms with van der Waals surface area (Å²) in [7, 11) is 1.94. The lowest BCUT2D eigenvalue weighted by molar-refractivity contribution is -0.118. The molecule has 1 aliphatic carbocycles. The first kappa shape index (κ1) is 18.6. The fraction of sp³-hybridized carbons (Fsp3) is 0.550. The van der Waals surface area contributed by atoms with Crippen LogP contribution in [0.3, 0.4) is 0 Å². The molecule has 0 aliphatic heterocycles. The summed E-state index contributed by atoms with van der Waals surface area (Å²) < 4.78 is 1.88. The van der Waals surface area contributed by atoms with E-state index < -0.39 is 6.04 Å². The number of anilines is 1. The molecule has 1 fully saturated rings. The standard InChI is InChI=1S/C20H29N5O/c1-13-4-6-16(7-5-13)19(21)20(26)24-18-11-15(8-9-22-18)10-17-14(2)12-23-25(17)3/h8-9,11-13,16,19H,4-7,10,21H2,1-3H3,(H,22,24,26). The van der Waals surface area contributed by atoms with Crippen molar-refractivity contribution >= 4 is 11.7 Å². The van der Waals surface area contributed by atoms with Gasteiger partial charge in [0.2, 0.25) is 5.91 Å². The maximum Gasteiger partial charge on any atom is 0.242 e. The lowest BCUT2D eigenvalue weighted by Crippen LogP contribution is -2.43. The summed E-state index contributed by atoms with van der Waals surface area (Å²) >= 11 is 0. The van der Waals surface area contributed by atoms with E-state index in [0.29, 0.717) is 5.82 Å². The van der Waals surface area contributed by atoms with Gasteiger partial charge in [-0.25, -0.2) is 4.98 Å². The molecular formula is C20H29N5O. The molecule has 140 valence electrons. The number of pyridine rings is 1. The Morgan fingerprint density at radius 2 is 2.12 bits per heavy atom. The van der Waals surface area contributed by atoms with Crippen LogP contribution in [0.4, 0.5) is 5.82 Å². The van der Waals surface area contributed by atoms with Gasteiger partial charge in [-0.1, -0.05) is 19.8 Å². The van der Waals surface area contributed by atoms with Crippen molar-refractivity contribution in [3.63, 3.8) is 0 Å². The van der Waals surface area contributed by atoms with Gasteiger partial charge in [0.1, 0.15) is 5.82 Å². The molecule has 3 N–H and O–H groups in total. The van der Waals surface area contributed by atoms with Gasteiger partial charge in [-0.15, -0.1) is 0 Å². The van der Waals surface area contributed by atoms with E-state index in [-0.39, 0.29) is 11.8 Å². The molecule has 26 heavy (non-hydrogen) atoms. The molecule has 0 aromatic carbocycles. The van der Waals surface area contributed by atoms with Crippen molar-refractivity contribution in [2.75, 3.05) is 5.32 Å². The van der Waals surface area contributed by atoms with Crippen LogP contribution in [0.25, 0.3) is 0 Å². The van der Waals surface area contributed by atoms with Crippen LogP contribution in [-0.4, -0.2) is 26.7 Å². The summed E-state index contributed by atoms with van der Waals surface area (Å²) in [5.74, 6) is 1.44. The van der Waals surface area contributed by atoms with E-state index in [1.165, 1.54) is 0 Å². The predicted octanol–water partition coefficient (Wildman–Crippen LogP) is 2.81. The van der Waals surface area contributed by atoms with Crippen molar-refractivity contribution < 1.29 is 4.79 Å². The van der Waals surface area contributed by atoms with Crippen molar-refractivity contribution in [1.82, 2.24) is 14.8 Å². The highest BCUT2D eigenvalue weighted by molar-refractivity contribution is 5.94. The van der Waals surface area contributed by atoms with Crippen LogP contribution in [-0.2, 0) is 18.3 Å². The summed E-state index contributed by atoms with van der Waals surface area (Å²) in [5.41, 5.74) is 9.62. The largest absolute Gasteiger partial charge is 0.320 e. The molecular weight excluding hydrogens is 326 g/mol.